The van der Waals surface area contributed by atoms with Gasteiger partial charge in [0.2, 0.25) is 0 Å². The van der Waals surface area contributed by atoms with Crippen LogP contribution in [0.15, 0.2) is 18.2 Å². The number of nitrogens with one attached hydrogen (secondary N) is 1. The maximum absolute atomic E-state index is 13.6. The molecule has 0 unspecified atom stereocenters. The molecule has 0 amide bonds. The van der Waals surface area contributed by atoms with Gasteiger partial charge < -0.3 is 9.88 Å². The van der Waals surface area contributed by atoms with Gasteiger partial charge in [0.1, 0.15) is 11.3 Å². The van der Waals surface area contributed by atoms with Gasteiger partial charge in [0.15, 0.2) is 5.82 Å². The predicted octanol–water partition coefficient (Wildman–Crippen LogP) is 2.74. The average Bonchev–Trinajstić information content (AvgIpc) is 2.97. The second-order valence-electron chi connectivity index (χ2n) is 5.06. The molecule has 0 spiro atoms. The molecule has 3 nitrogen and oxygen atoms in total. The summed E-state index contributed by atoms with van der Waals surface area (Å²) in [6.45, 7) is 0.718. The summed E-state index contributed by atoms with van der Waals surface area (Å²) in [6, 6.07) is 5.70. The minimum absolute atomic E-state index is 0.241. The molecular weight excluding hydrogens is 229 g/mol. The summed E-state index contributed by atoms with van der Waals surface area (Å²) in [5.41, 5.74) is 1.33. The Morgan fingerprint density at radius 2 is 2.17 bits per heavy atom. The van der Waals surface area contributed by atoms with E-state index in [4.69, 9.17) is 0 Å². The molecule has 0 atom stereocenters. The molecule has 1 aromatic heterocycles. The molecule has 1 heterocycles. The van der Waals surface area contributed by atoms with Crippen LogP contribution in [0, 0.1) is 5.82 Å². The molecular formula is C14H18FN3. The van der Waals surface area contributed by atoms with Crippen LogP contribution in [0.1, 0.15) is 31.5 Å². The smallest absolute Gasteiger partial charge is 0.151 e. The van der Waals surface area contributed by atoms with E-state index in [1.807, 2.05) is 17.7 Å². The lowest BCUT2D eigenvalue weighted by Crippen LogP contribution is -2.26. The zero-order valence-electron chi connectivity index (χ0n) is 10.6. The maximum Gasteiger partial charge on any atom is 0.151 e. The largest absolute Gasteiger partial charge is 0.330 e. The highest BCUT2D eigenvalue weighted by Gasteiger charge is 2.16. The highest BCUT2D eigenvalue weighted by molar-refractivity contribution is 5.76. The lowest BCUT2D eigenvalue weighted by molar-refractivity contribution is 0.508. The number of aryl methyl sites for hydroxylation is 1. The Morgan fingerprint density at radius 3 is 2.89 bits per heavy atom. The van der Waals surface area contributed by atoms with Gasteiger partial charge >= 0.3 is 0 Å². The third-order valence-electron chi connectivity index (χ3n) is 3.86. The molecule has 1 N–H and O–H groups in total. The minimum Gasteiger partial charge on any atom is -0.330 e. The lowest BCUT2D eigenvalue weighted by Gasteiger charge is -2.11. The Kier molecular flexibility index (Phi) is 3.04. The molecule has 1 saturated carbocycles. The van der Waals surface area contributed by atoms with E-state index in [-0.39, 0.29) is 5.82 Å². The first-order chi connectivity index (χ1) is 8.75. The monoisotopic (exact) mass is 247 g/mol. The fourth-order valence-electron chi connectivity index (χ4n) is 2.75. The van der Waals surface area contributed by atoms with Gasteiger partial charge in [-0.2, -0.15) is 0 Å². The summed E-state index contributed by atoms with van der Waals surface area (Å²) >= 11 is 0. The number of hydrogen-bond acceptors (Lipinski definition) is 2. The van der Waals surface area contributed by atoms with E-state index < -0.39 is 0 Å². The van der Waals surface area contributed by atoms with Gasteiger partial charge in [-0.05, 0) is 25.0 Å². The zero-order valence-corrected chi connectivity index (χ0v) is 10.6. The first-order valence-corrected chi connectivity index (χ1v) is 6.59. The summed E-state index contributed by atoms with van der Waals surface area (Å²) in [5.74, 6) is 0.664. The van der Waals surface area contributed by atoms with E-state index in [2.05, 4.69) is 10.3 Å². The van der Waals surface area contributed by atoms with Crippen LogP contribution in [-0.2, 0) is 13.6 Å². The Hall–Kier alpha value is -1.42. The van der Waals surface area contributed by atoms with Gasteiger partial charge in [-0.15, -0.1) is 0 Å². The number of hydrogen-bond donors (Lipinski definition) is 1. The molecule has 1 aliphatic carbocycles. The Bertz CT molecular complexity index is 555. The summed E-state index contributed by atoms with van der Waals surface area (Å²) in [4.78, 5) is 4.40. The molecule has 18 heavy (non-hydrogen) atoms. The molecule has 3 rings (SSSR count). The third kappa shape index (κ3) is 2.01. The van der Waals surface area contributed by atoms with E-state index in [0.29, 0.717) is 11.6 Å². The molecule has 96 valence electrons. The van der Waals surface area contributed by atoms with E-state index in [9.17, 15) is 4.39 Å². The van der Waals surface area contributed by atoms with Gasteiger partial charge in [0, 0.05) is 13.1 Å². The van der Waals surface area contributed by atoms with Crippen LogP contribution < -0.4 is 5.32 Å². The maximum atomic E-state index is 13.6. The number of nitrogens with zero attached hydrogens (tertiary/aromatic N) is 2. The highest BCUT2D eigenvalue weighted by atomic mass is 19.1. The van der Waals surface area contributed by atoms with Gasteiger partial charge in [0.05, 0.1) is 12.1 Å². The number of fused-ring (bicyclic) bond motifs is 1. The number of halogens is 1. The van der Waals surface area contributed by atoms with Crippen molar-refractivity contribution in [2.24, 2.45) is 7.05 Å². The predicted molar refractivity (Wildman–Crippen MR) is 69.8 cm³/mol. The van der Waals surface area contributed by atoms with Crippen molar-refractivity contribution in [1.29, 1.82) is 0 Å². The third-order valence-corrected chi connectivity index (χ3v) is 3.86. The van der Waals surface area contributed by atoms with Crippen molar-refractivity contribution >= 4 is 11.0 Å². The minimum atomic E-state index is -0.241. The zero-order chi connectivity index (χ0) is 12.5. The number of rotatable bonds is 3. The molecule has 2 aromatic rings. The van der Waals surface area contributed by atoms with Crippen LogP contribution in [0.3, 0.4) is 0 Å². The Labute approximate surface area is 106 Å². The molecule has 0 bridgehead atoms. The fraction of sp³-hybridized carbons (Fsp3) is 0.500. The summed E-state index contributed by atoms with van der Waals surface area (Å²) < 4.78 is 15.6. The van der Waals surface area contributed by atoms with Gasteiger partial charge in [-0.1, -0.05) is 18.9 Å². The van der Waals surface area contributed by atoms with Crippen LogP contribution in [-0.4, -0.2) is 15.6 Å². The normalized spacial score (nSPS) is 16.8. The average molecular weight is 247 g/mol. The quantitative estimate of drug-likeness (QED) is 0.903. The fourth-order valence-corrected chi connectivity index (χ4v) is 2.75. The first-order valence-electron chi connectivity index (χ1n) is 6.59. The van der Waals surface area contributed by atoms with Crippen LogP contribution in [0.4, 0.5) is 4.39 Å². The van der Waals surface area contributed by atoms with Crippen molar-refractivity contribution < 1.29 is 4.39 Å². The topological polar surface area (TPSA) is 29.9 Å². The van der Waals surface area contributed by atoms with Crippen molar-refractivity contribution in [3.8, 4) is 0 Å². The summed E-state index contributed by atoms with van der Waals surface area (Å²) in [6.07, 6.45) is 5.13. The molecule has 1 fully saturated rings. The molecule has 0 radical (unpaired) electrons. The van der Waals surface area contributed by atoms with Crippen LogP contribution in [0.2, 0.25) is 0 Å². The van der Waals surface area contributed by atoms with E-state index >= 15 is 0 Å². The van der Waals surface area contributed by atoms with E-state index in [0.717, 1.165) is 17.9 Å². The number of benzene rings is 1. The van der Waals surface area contributed by atoms with Crippen molar-refractivity contribution in [2.45, 2.75) is 38.3 Å². The van der Waals surface area contributed by atoms with Crippen LogP contribution in [0.5, 0.6) is 0 Å². The van der Waals surface area contributed by atoms with Crippen LogP contribution >= 0.6 is 0 Å². The molecule has 0 saturated heterocycles. The first kappa shape index (κ1) is 11.7. The van der Waals surface area contributed by atoms with Crippen molar-refractivity contribution in [1.82, 2.24) is 14.9 Å². The van der Waals surface area contributed by atoms with Gasteiger partial charge in [-0.3, -0.25) is 0 Å². The Morgan fingerprint density at radius 1 is 1.39 bits per heavy atom. The Balaban J connectivity index is 1.83. The molecule has 0 aliphatic heterocycles. The molecule has 1 aromatic carbocycles. The van der Waals surface area contributed by atoms with Gasteiger partial charge in [-0.25, -0.2) is 9.37 Å². The summed E-state index contributed by atoms with van der Waals surface area (Å²) in [5, 5.41) is 3.51. The van der Waals surface area contributed by atoms with Crippen LogP contribution in [0.25, 0.3) is 11.0 Å². The van der Waals surface area contributed by atoms with Crippen molar-refractivity contribution in [3.63, 3.8) is 0 Å². The van der Waals surface area contributed by atoms with Gasteiger partial charge in [0.25, 0.3) is 0 Å². The van der Waals surface area contributed by atoms with Crippen molar-refractivity contribution in [3.05, 3.63) is 29.8 Å². The standard InChI is InChI=1S/C14H18FN3/c1-18-12-8-4-7-11(15)14(12)17-13(18)9-16-10-5-2-3-6-10/h4,7-8,10,16H,2-3,5-6,9H2,1H3. The van der Waals surface area contributed by atoms with E-state index in [1.165, 1.54) is 31.7 Å². The number of imidazole rings is 1. The SMILES string of the molecule is Cn1c(CNC2CCCC2)nc2c(F)cccc21. The second kappa shape index (κ2) is 4.69. The lowest BCUT2D eigenvalue weighted by atomic mass is 10.2. The summed E-state index contributed by atoms with van der Waals surface area (Å²) in [7, 11) is 1.94. The number of aromatic nitrogens is 2. The second-order valence-corrected chi connectivity index (χ2v) is 5.06. The molecule has 1 aliphatic rings. The molecule has 4 heteroatoms. The number of para-hydroxylation sites is 1. The van der Waals surface area contributed by atoms with E-state index in [1.54, 1.807) is 6.07 Å². The highest BCUT2D eigenvalue weighted by Crippen LogP contribution is 2.20. The van der Waals surface area contributed by atoms with Crippen molar-refractivity contribution in [2.75, 3.05) is 0 Å².